The Balaban J connectivity index is 2.29. The first-order valence-corrected chi connectivity index (χ1v) is 12.5. The average Bonchev–Trinajstić information content (AvgIpc) is 2.77. The van der Waals surface area contributed by atoms with Crippen LogP contribution in [0, 0.1) is 0 Å². The summed E-state index contributed by atoms with van der Waals surface area (Å²) in [4.78, 5) is 13.2. The molecule has 33 heavy (non-hydrogen) atoms. The molecule has 2 aromatic rings. The Kier molecular flexibility index (Phi) is 10.2. The maximum atomic E-state index is 13.6. The number of amides is 1. The van der Waals surface area contributed by atoms with Gasteiger partial charge in [-0.05, 0) is 56.2 Å². The lowest BCUT2D eigenvalue weighted by Crippen LogP contribution is -2.39. The van der Waals surface area contributed by atoms with Crippen molar-refractivity contribution < 1.29 is 28.2 Å². The largest absolute Gasteiger partial charge is 0.449 e. The Morgan fingerprint density at radius 2 is 1.73 bits per heavy atom. The highest BCUT2D eigenvalue weighted by Gasteiger charge is 2.31. The molecular formula is C22H28Cl2N2O6S. The van der Waals surface area contributed by atoms with E-state index in [1.54, 1.807) is 19.1 Å². The minimum atomic E-state index is -4.03. The molecule has 1 amide bonds. The quantitative estimate of drug-likeness (QED) is 0.436. The van der Waals surface area contributed by atoms with Crippen molar-refractivity contribution in [2.45, 2.75) is 37.3 Å². The van der Waals surface area contributed by atoms with Crippen LogP contribution in [0.1, 0.15) is 25.3 Å². The molecule has 11 heteroatoms. The van der Waals surface area contributed by atoms with Gasteiger partial charge in [0.1, 0.15) is 0 Å². The predicted octanol–water partition coefficient (Wildman–Crippen LogP) is 3.91. The van der Waals surface area contributed by atoms with Gasteiger partial charge in [-0.25, -0.2) is 13.2 Å². The number of benzene rings is 2. The Morgan fingerprint density at radius 3 is 2.33 bits per heavy atom. The lowest BCUT2D eigenvalue weighted by Gasteiger charge is -2.32. The molecular weight excluding hydrogens is 491 g/mol. The van der Waals surface area contributed by atoms with Gasteiger partial charge in [0.15, 0.2) is 0 Å². The Bertz CT molecular complexity index is 1030. The van der Waals surface area contributed by atoms with Gasteiger partial charge in [-0.3, -0.25) is 4.31 Å². The van der Waals surface area contributed by atoms with Crippen molar-refractivity contribution in [1.82, 2.24) is 4.90 Å². The number of nitrogens with zero attached hydrogens (tertiary/aromatic N) is 2. The zero-order chi connectivity index (χ0) is 24.6. The number of carbonyl (C=O) groups is 1. The van der Waals surface area contributed by atoms with Crippen LogP contribution in [0.3, 0.4) is 0 Å². The van der Waals surface area contributed by atoms with Crippen molar-refractivity contribution in [3.8, 4) is 0 Å². The standard InChI is InChI=1S/C22H28Cl2N2O6S/c1-16(4-3-13-32-22(29)25(2)11-12-27)26(21-14-19(24)6-5-17(21)15-28)33(30,31)20-9-7-18(23)8-10-20/h5-10,14,16,27-28H,3-4,11-13,15H2,1-2H3/t16-/m0/s1. The van der Waals surface area contributed by atoms with E-state index in [0.29, 0.717) is 28.5 Å². The molecule has 182 valence electrons. The van der Waals surface area contributed by atoms with Crippen molar-refractivity contribution in [2.75, 3.05) is 31.1 Å². The van der Waals surface area contributed by atoms with E-state index in [2.05, 4.69) is 0 Å². The van der Waals surface area contributed by atoms with Crippen molar-refractivity contribution >= 4 is 45.0 Å². The molecule has 0 aliphatic heterocycles. The molecule has 0 spiro atoms. The van der Waals surface area contributed by atoms with Crippen LogP contribution >= 0.6 is 23.2 Å². The molecule has 0 aliphatic rings. The highest BCUT2D eigenvalue weighted by molar-refractivity contribution is 7.92. The van der Waals surface area contributed by atoms with E-state index in [0.717, 1.165) is 0 Å². The molecule has 1 atom stereocenters. The normalized spacial score (nSPS) is 12.3. The number of rotatable bonds is 11. The molecule has 0 saturated carbocycles. The van der Waals surface area contributed by atoms with Gasteiger partial charge < -0.3 is 19.8 Å². The number of aliphatic hydroxyl groups excluding tert-OH is 2. The van der Waals surface area contributed by atoms with Crippen LogP contribution < -0.4 is 4.31 Å². The van der Waals surface area contributed by atoms with E-state index in [1.807, 2.05) is 0 Å². The summed E-state index contributed by atoms with van der Waals surface area (Å²) in [5, 5.41) is 19.5. The molecule has 2 N–H and O–H groups in total. The van der Waals surface area contributed by atoms with Gasteiger partial charge in [0.25, 0.3) is 10.0 Å². The third kappa shape index (κ3) is 7.22. The monoisotopic (exact) mass is 518 g/mol. The first kappa shape index (κ1) is 27.2. The van der Waals surface area contributed by atoms with E-state index in [9.17, 15) is 18.3 Å². The Hall–Kier alpha value is -2.04. The summed E-state index contributed by atoms with van der Waals surface area (Å²) in [6.07, 6.45) is 0.183. The minimum Gasteiger partial charge on any atom is -0.449 e. The zero-order valence-corrected chi connectivity index (χ0v) is 20.8. The number of hydrogen-bond donors (Lipinski definition) is 2. The maximum absolute atomic E-state index is 13.6. The van der Waals surface area contributed by atoms with Crippen LogP contribution in [-0.4, -0.2) is 62.5 Å². The molecule has 2 rings (SSSR count). The van der Waals surface area contributed by atoms with Gasteiger partial charge in [-0.2, -0.15) is 0 Å². The minimum absolute atomic E-state index is 0.0414. The SMILES string of the molecule is C[C@@H](CCCOC(=O)N(C)CCO)N(c1cc(Cl)ccc1CO)S(=O)(=O)c1ccc(Cl)cc1. The second-order valence-corrected chi connectivity index (χ2v) is 10.1. The van der Waals surface area contributed by atoms with Gasteiger partial charge in [0.2, 0.25) is 0 Å². The fourth-order valence-corrected chi connectivity index (χ4v) is 5.21. The number of ether oxygens (including phenoxy) is 1. The summed E-state index contributed by atoms with van der Waals surface area (Å²) in [6.45, 7) is 1.42. The highest BCUT2D eigenvalue weighted by atomic mass is 35.5. The first-order chi connectivity index (χ1) is 15.6. The maximum Gasteiger partial charge on any atom is 0.409 e. The molecule has 0 heterocycles. The first-order valence-electron chi connectivity index (χ1n) is 10.3. The summed E-state index contributed by atoms with van der Waals surface area (Å²) in [7, 11) is -2.52. The van der Waals surface area contributed by atoms with E-state index >= 15 is 0 Å². The summed E-state index contributed by atoms with van der Waals surface area (Å²) in [6, 6.07) is 9.92. The van der Waals surface area contributed by atoms with E-state index in [1.165, 1.54) is 46.6 Å². The van der Waals surface area contributed by atoms with Crippen LogP contribution in [0.15, 0.2) is 47.4 Å². The summed E-state index contributed by atoms with van der Waals surface area (Å²) in [5.74, 6) is 0. The second-order valence-electron chi connectivity index (χ2n) is 7.44. The molecule has 0 unspecified atom stereocenters. The predicted molar refractivity (Wildman–Crippen MR) is 128 cm³/mol. The van der Waals surface area contributed by atoms with E-state index in [-0.39, 0.29) is 36.9 Å². The van der Waals surface area contributed by atoms with Gasteiger partial charge >= 0.3 is 6.09 Å². The smallest absolute Gasteiger partial charge is 0.409 e. The third-order valence-electron chi connectivity index (χ3n) is 4.96. The van der Waals surface area contributed by atoms with Crippen LogP contribution in [0.5, 0.6) is 0 Å². The second kappa shape index (κ2) is 12.4. The third-order valence-corrected chi connectivity index (χ3v) is 7.39. The summed E-state index contributed by atoms with van der Waals surface area (Å²) >= 11 is 12.1. The number of likely N-dealkylation sites (N-methyl/N-ethyl adjacent to an activating group) is 1. The number of sulfonamides is 1. The number of aliphatic hydroxyl groups is 2. The van der Waals surface area contributed by atoms with Crippen LogP contribution in [0.2, 0.25) is 10.0 Å². The van der Waals surface area contributed by atoms with E-state index in [4.69, 9.17) is 33.0 Å². The fraction of sp³-hybridized carbons (Fsp3) is 0.409. The molecule has 0 aromatic heterocycles. The lowest BCUT2D eigenvalue weighted by molar-refractivity contribution is 0.102. The van der Waals surface area contributed by atoms with Crippen molar-refractivity contribution in [2.24, 2.45) is 0 Å². The number of carbonyl (C=O) groups excluding carboxylic acids is 1. The lowest BCUT2D eigenvalue weighted by atomic mass is 10.1. The zero-order valence-electron chi connectivity index (χ0n) is 18.4. The van der Waals surface area contributed by atoms with Gasteiger partial charge in [0, 0.05) is 35.2 Å². The molecule has 0 fully saturated rings. The molecule has 0 saturated heterocycles. The van der Waals surface area contributed by atoms with Crippen LogP contribution in [0.4, 0.5) is 10.5 Å². The van der Waals surface area contributed by atoms with Gasteiger partial charge in [0.05, 0.1) is 30.4 Å². The Labute approximate surface area is 204 Å². The average molecular weight is 519 g/mol. The molecule has 0 bridgehead atoms. The molecule has 0 aliphatic carbocycles. The van der Waals surface area contributed by atoms with E-state index < -0.39 is 22.2 Å². The van der Waals surface area contributed by atoms with Crippen molar-refractivity contribution in [3.05, 3.63) is 58.1 Å². The van der Waals surface area contributed by atoms with Crippen molar-refractivity contribution in [1.29, 1.82) is 0 Å². The molecule has 2 aromatic carbocycles. The van der Waals surface area contributed by atoms with Crippen molar-refractivity contribution in [3.63, 3.8) is 0 Å². The Morgan fingerprint density at radius 1 is 1.09 bits per heavy atom. The van der Waals surface area contributed by atoms with Crippen LogP contribution in [0.25, 0.3) is 0 Å². The molecule has 8 nitrogen and oxygen atoms in total. The number of halogens is 2. The fourth-order valence-electron chi connectivity index (χ4n) is 3.21. The van der Waals surface area contributed by atoms with Gasteiger partial charge in [-0.1, -0.05) is 29.3 Å². The van der Waals surface area contributed by atoms with Gasteiger partial charge in [-0.15, -0.1) is 0 Å². The number of hydrogen-bond acceptors (Lipinski definition) is 6. The summed E-state index contributed by atoms with van der Waals surface area (Å²) < 4.78 is 33.6. The summed E-state index contributed by atoms with van der Waals surface area (Å²) in [5.41, 5.74) is 0.674. The number of anilines is 1. The highest BCUT2D eigenvalue weighted by Crippen LogP contribution is 2.33. The van der Waals surface area contributed by atoms with Crippen LogP contribution in [-0.2, 0) is 21.4 Å². The topological polar surface area (TPSA) is 107 Å². The molecule has 0 radical (unpaired) electrons.